The van der Waals surface area contributed by atoms with Crippen LogP contribution in [-0.2, 0) is 4.74 Å². The molecule has 2 fully saturated rings. The Balaban J connectivity index is 1.90. The second kappa shape index (κ2) is 7.77. The molecule has 20 heavy (non-hydrogen) atoms. The Morgan fingerprint density at radius 2 is 1.95 bits per heavy atom. The van der Waals surface area contributed by atoms with Crippen molar-refractivity contribution in [3.05, 3.63) is 0 Å². The molecule has 0 spiro atoms. The minimum absolute atomic E-state index is 0.449. The maximum absolute atomic E-state index is 5.59. The van der Waals surface area contributed by atoms with E-state index in [-0.39, 0.29) is 0 Å². The van der Waals surface area contributed by atoms with Gasteiger partial charge in [-0.1, -0.05) is 13.8 Å². The lowest BCUT2D eigenvalue weighted by atomic mass is 9.79. The number of nitrogens with one attached hydrogen (secondary N) is 1. The molecule has 3 nitrogen and oxygen atoms in total. The van der Waals surface area contributed by atoms with Crippen LogP contribution in [0.3, 0.4) is 0 Å². The van der Waals surface area contributed by atoms with Crippen LogP contribution >= 0.6 is 0 Å². The molecule has 2 saturated heterocycles. The topological polar surface area (TPSA) is 24.5 Å². The molecule has 0 bridgehead atoms. The van der Waals surface area contributed by atoms with Crippen molar-refractivity contribution < 1.29 is 4.74 Å². The lowest BCUT2D eigenvalue weighted by Crippen LogP contribution is -2.47. The summed E-state index contributed by atoms with van der Waals surface area (Å²) in [4.78, 5) is 2.74. The van der Waals surface area contributed by atoms with E-state index in [1.54, 1.807) is 0 Å². The summed E-state index contributed by atoms with van der Waals surface area (Å²) in [6.07, 6.45) is 6.64. The summed E-state index contributed by atoms with van der Waals surface area (Å²) in [7, 11) is 2.09. The first-order chi connectivity index (χ1) is 9.65. The summed E-state index contributed by atoms with van der Waals surface area (Å²) in [5, 5.41) is 3.43. The van der Waals surface area contributed by atoms with Crippen molar-refractivity contribution in [2.24, 2.45) is 17.3 Å². The van der Waals surface area contributed by atoms with Crippen LogP contribution in [0.4, 0.5) is 0 Å². The zero-order valence-electron chi connectivity index (χ0n) is 13.8. The Bertz CT molecular complexity index is 269. The normalized spacial score (nSPS) is 28.5. The minimum atomic E-state index is 0.449. The van der Waals surface area contributed by atoms with E-state index in [0.717, 1.165) is 31.6 Å². The highest BCUT2D eigenvalue weighted by atomic mass is 16.5. The largest absolute Gasteiger partial charge is 0.381 e. The van der Waals surface area contributed by atoms with Gasteiger partial charge in [0.05, 0.1) is 0 Å². The Hall–Kier alpha value is -0.120. The molecule has 0 amide bonds. The zero-order valence-corrected chi connectivity index (χ0v) is 13.8. The van der Waals surface area contributed by atoms with Crippen LogP contribution in [0.5, 0.6) is 0 Å². The Morgan fingerprint density at radius 3 is 2.60 bits per heavy atom. The monoisotopic (exact) mass is 282 g/mol. The van der Waals surface area contributed by atoms with Crippen molar-refractivity contribution in [1.29, 1.82) is 0 Å². The highest BCUT2D eigenvalue weighted by Crippen LogP contribution is 2.32. The summed E-state index contributed by atoms with van der Waals surface area (Å²) < 4.78 is 5.59. The molecule has 0 aromatic heterocycles. The van der Waals surface area contributed by atoms with E-state index >= 15 is 0 Å². The van der Waals surface area contributed by atoms with Crippen LogP contribution in [0.25, 0.3) is 0 Å². The lowest BCUT2D eigenvalue weighted by Gasteiger charge is -2.41. The van der Waals surface area contributed by atoms with Gasteiger partial charge in [-0.15, -0.1) is 0 Å². The molecular formula is C17H34N2O. The number of hydrogen-bond acceptors (Lipinski definition) is 3. The van der Waals surface area contributed by atoms with Gasteiger partial charge in [0.1, 0.15) is 0 Å². The first-order valence-corrected chi connectivity index (χ1v) is 8.60. The number of ether oxygens (including phenoxy) is 1. The highest BCUT2D eigenvalue weighted by Gasteiger charge is 2.34. The SMILES string of the molecule is CNCC1(CN2CCCC(C(C)C)CC2)CCOCC1. The fourth-order valence-electron chi connectivity index (χ4n) is 4.05. The molecule has 1 atom stereocenters. The molecule has 1 N–H and O–H groups in total. The molecule has 0 aromatic carbocycles. The molecular weight excluding hydrogens is 248 g/mol. The molecule has 3 heteroatoms. The highest BCUT2D eigenvalue weighted by molar-refractivity contribution is 4.88. The van der Waals surface area contributed by atoms with E-state index in [2.05, 4.69) is 31.1 Å². The van der Waals surface area contributed by atoms with Gasteiger partial charge in [-0.2, -0.15) is 0 Å². The van der Waals surface area contributed by atoms with Gasteiger partial charge < -0.3 is 15.0 Å². The molecule has 0 aliphatic carbocycles. The summed E-state index contributed by atoms with van der Waals surface area (Å²) >= 11 is 0. The molecule has 2 heterocycles. The third-order valence-electron chi connectivity index (χ3n) is 5.47. The second-order valence-corrected chi connectivity index (χ2v) is 7.35. The van der Waals surface area contributed by atoms with Gasteiger partial charge in [0.2, 0.25) is 0 Å². The summed E-state index contributed by atoms with van der Waals surface area (Å²) in [5.74, 6) is 1.79. The zero-order chi connectivity index (χ0) is 14.4. The first-order valence-electron chi connectivity index (χ1n) is 8.60. The summed E-state index contributed by atoms with van der Waals surface area (Å²) in [6, 6.07) is 0. The van der Waals surface area contributed by atoms with Crippen molar-refractivity contribution in [3.8, 4) is 0 Å². The summed E-state index contributed by atoms with van der Waals surface area (Å²) in [5.41, 5.74) is 0.449. The average molecular weight is 282 g/mol. The first kappa shape index (κ1) is 16.3. The van der Waals surface area contributed by atoms with Gasteiger partial charge in [0, 0.05) is 26.3 Å². The van der Waals surface area contributed by atoms with Crippen LogP contribution in [0, 0.1) is 17.3 Å². The van der Waals surface area contributed by atoms with Crippen LogP contribution in [0.15, 0.2) is 0 Å². The number of likely N-dealkylation sites (tertiary alicyclic amines) is 1. The predicted octanol–water partition coefficient (Wildman–Crippen LogP) is 2.76. The van der Waals surface area contributed by atoms with Crippen LogP contribution < -0.4 is 5.32 Å². The maximum Gasteiger partial charge on any atom is 0.0472 e. The van der Waals surface area contributed by atoms with Gasteiger partial charge in [0.15, 0.2) is 0 Å². The van der Waals surface area contributed by atoms with Crippen molar-refractivity contribution in [1.82, 2.24) is 10.2 Å². The molecule has 118 valence electrons. The van der Waals surface area contributed by atoms with E-state index in [1.807, 2.05) is 0 Å². The molecule has 0 aromatic rings. The Kier molecular flexibility index (Phi) is 6.31. The molecule has 0 radical (unpaired) electrons. The van der Waals surface area contributed by atoms with Gasteiger partial charge >= 0.3 is 0 Å². The fraction of sp³-hybridized carbons (Fsp3) is 1.00. The van der Waals surface area contributed by atoms with E-state index in [9.17, 15) is 0 Å². The number of nitrogens with zero attached hydrogens (tertiary/aromatic N) is 1. The standard InChI is InChI=1S/C17H34N2O/c1-15(2)16-5-4-9-19(10-6-16)14-17(13-18-3)7-11-20-12-8-17/h15-16,18H,4-14H2,1-3H3. The van der Waals surface area contributed by atoms with E-state index in [1.165, 1.54) is 51.7 Å². The smallest absolute Gasteiger partial charge is 0.0472 e. The molecule has 0 saturated carbocycles. The van der Waals surface area contributed by atoms with Crippen LogP contribution in [0.2, 0.25) is 0 Å². The molecule has 1 unspecified atom stereocenters. The van der Waals surface area contributed by atoms with Gasteiger partial charge in [-0.25, -0.2) is 0 Å². The second-order valence-electron chi connectivity index (χ2n) is 7.35. The number of rotatable bonds is 5. The van der Waals surface area contributed by atoms with Crippen LogP contribution in [0.1, 0.15) is 46.0 Å². The van der Waals surface area contributed by atoms with Crippen LogP contribution in [-0.4, -0.2) is 51.3 Å². The minimum Gasteiger partial charge on any atom is -0.381 e. The maximum atomic E-state index is 5.59. The van der Waals surface area contributed by atoms with E-state index < -0.39 is 0 Å². The van der Waals surface area contributed by atoms with Gasteiger partial charge in [0.25, 0.3) is 0 Å². The quantitative estimate of drug-likeness (QED) is 0.839. The molecule has 2 aliphatic rings. The Morgan fingerprint density at radius 1 is 1.20 bits per heavy atom. The fourth-order valence-corrected chi connectivity index (χ4v) is 4.05. The Labute approximate surface area is 125 Å². The van der Waals surface area contributed by atoms with Gasteiger partial charge in [-0.05, 0) is 69.5 Å². The molecule has 2 rings (SSSR count). The van der Waals surface area contributed by atoms with Crippen molar-refractivity contribution >= 4 is 0 Å². The van der Waals surface area contributed by atoms with E-state index in [4.69, 9.17) is 4.74 Å². The average Bonchev–Trinajstić information content (AvgIpc) is 2.65. The van der Waals surface area contributed by atoms with Crippen molar-refractivity contribution in [3.63, 3.8) is 0 Å². The lowest BCUT2D eigenvalue weighted by molar-refractivity contribution is -0.00323. The molecule has 2 aliphatic heterocycles. The number of hydrogen-bond donors (Lipinski definition) is 1. The van der Waals surface area contributed by atoms with Crippen molar-refractivity contribution in [2.45, 2.75) is 46.0 Å². The third-order valence-corrected chi connectivity index (χ3v) is 5.47. The third kappa shape index (κ3) is 4.44. The van der Waals surface area contributed by atoms with Gasteiger partial charge in [-0.3, -0.25) is 0 Å². The summed E-state index contributed by atoms with van der Waals surface area (Å²) in [6.45, 7) is 11.7. The van der Waals surface area contributed by atoms with E-state index in [0.29, 0.717) is 5.41 Å². The van der Waals surface area contributed by atoms with Crippen molar-refractivity contribution in [2.75, 3.05) is 46.4 Å². The predicted molar refractivity (Wildman–Crippen MR) is 85.0 cm³/mol.